The molecule has 5 nitrogen and oxygen atoms in total. The van der Waals surface area contributed by atoms with Gasteiger partial charge in [-0.05, 0) is 13.8 Å². The van der Waals surface area contributed by atoms with Crippen molar-refractivity contribution < 1.29 is 0 Å². The Morgan fingerprint density at radius 1 is 1.47 bits per heavy atom. The van der Waals surface area contributed by atoms with Gasteiger partial charge in [-0.1, -0.05) is 0 Å². The minimum atomic E-state index is 0.711. The molecule has 0 aliphatic carbocycles. The van der Waals surface area contributed by atoms with Crippen LogP contribution in [-0.2, 0) is 13.6 Å². The van der Waals surface area contributed by atoms with Crippen molar-refractivity contribution in [1.29, 1.82) is 0 Å². The van der Waals surface area contributed by atoms with Crippen LogP contribution < -0.4 is 5.73 Å². The first-order chi connectivity index (χ1) is 7.13. The average molecular weight is 205 g/mol. The Kier molecular flexibility index (Phi) is 2.22. The zero-order valence-electron chi connectivity index (χ0n) is 9.23. The molecular weight excluding hydrogens is 190 g/mol. The fourth-order valence-corrected chi connectivity index (χ4v) is 1.74. The predicted molar refractivity (Wildman–Crippen MR) is 59.3 cm³/mol. The summed E-state index contributed by atoms with van der Waals surface area (Å²) in [4.78, 5) is 4.45. The molecule has 0 aliphatic heterocycles. The van der Waals surface area contributed by atoms with E-state index in [0.29, 0.717) is 5.82 Å². The quantitative estimate of drug-likeness (QED) is 0.801. The van der Waals surface area contributed by atoms with Crippen LogP contribution in [0.5, 0.6) is 0 Å². The van der Waals surface area contributed by atoms with E-state index in [9.17, 15) is 0 Å². The van der Waals surface area contributed by atoms with Crippen LogP contribution in [0, 0.1) is 6.92 Å². The Morgan fingerprint density at radius 2 is 2.20 bits per heavy atom. The van der Waals surface area contributed by atoms with Gasteiger partial charge in [-0.2, -0.15) is 5.10 Å². The van der Waals surface area contributed by atoms with Gasteiger partial charge < -0.3 is 10.3 Å². The highest BCUT2D eigenvalue weighted by molar-refractivity contribution is 5.69. The number of aromatic nitrogens is 4. The second-order valence-electron chi connectivity index (χ2n) is 3.54. The smallest absolute Gasteiger partial charge is 0.131 e. The van der Waals surface area contributed by atoms with Crippen LogP contribution in [0.25, 0.3) is 11.3 Å². The molecule has 0 aromatic carbocycles. The number of hydrogen-bond donors (Lipinski definition) is 1. The van der Waals surface area contributed by atoms with E-state index in [2.05, 4.69) is 17.0 Å². The Morgan fingerprint density at radius 3 is 2.67 bits per heavy atom. The van der Waals surface area contributed by atoms with Crippen molar-refractivity contribution in [2.75, 3.05) is 5.73 Å². The fourth-order valence-electron chi connectivity index (χ4n) is 1.74. The van der Waals surface area contributed by atoms with Crippen LogP contribution in [-0.4, -0.2) is 19.3 Å². The molecule has 0 spiro atoms. The van der Waals surface area contributed by atoms with Crippen molar-refractivity contribution in [3.63, 3.8) is 0 Å². The first-order valence-electron chi connectivity index (χ1n) is 4.95. The van der Waals surface area contributed by atoms with Gasteiger partial charge in [-0.15, -0.1) is 0 Å². The molecule has 0 bridgehead atoms. The molecule has 0 saturated heterocycles. The van der Waals surface area contributed by atoms with Crippen molar-refractivity contribution in [2.45, 2.75) is 20.4 Å². The van der Waals surface area contributed by atoms with Gasteiger partial charge in [-0.3, -0.25) is 4.68 Å². The van der Waals surface area contributed by atoms with Crippen molar-refractivity contribution in [3.05, 3.63) is 18.2 Å². The lowest BCUT2D eigenvalue weighted by Gasteiger charge is -2.02. The topological polar surface area (TPSA) is 61.7 Å². The standard InChI is InChI=1S/C10H15N5/c1-4-15-7(2)13-9(10(15)11)8-5-12-14(3)6-8/h5-6H,4,11H2,1-3H3. The van der Waals surface area contributed by atoms with E-state index in [1.54, 1.807) is 10.9 Å². The summed E-state index contributed by atoms with van der Waals surface area (Å²) in [7, 11) is 1.88. The molecule has 2 N–H and O–H groups in total. The molecule has 2 rings (SSSR count). The van der Waals surface area contributed by atoms with Gasteiger partial charge in [0.25, 0.3) is 0 Å². The SMILES string of the molecule is CCn1c(C)nc(-c2cnn(C)c2)c1N. The van der Waals surface area contributed by atoms with E-state index >= 15 is 0 Å². The third-order valence-electron chi connectivity index (χ3n) is 2.49. The molecule has 15 heavy (non-hydrogen) atoms. The summed E-state index contributed by atoms with van der Waals surface area (Å²) in [5.41, 5.74) is 7.80. The normalized spacial score (nSPS) is 10.9. The number of aryl methyl sites for hydroxylation is 2. The van der Waals surface area contributed by atoms with Crippen LogP contribution in [0.2, 0.25) is 0 Å². The number of nitrogens with zero attached hydrogens (tertiary/aromatic N) is 4. The number of nitrogens with two attached hydrogens (primary N) is 1. The maximum atomic E-state index is 6.02. The first kappa shape index (κ1) is 9.76. The number of rotatable bonds is 2. The minimum Gasteiger partial charge on any atom is -0.383 e. The minimum absolute atomic E-state index is 0.711. The highest BCUT2D eigenvalue weighted by Crippen LogP contribution is 2.25. The zero-order chi connectivity index (χ0) is 11.0. The van der Waals surface area contributed by atoms with Gasteiger partial charge in [0.1, 0.15) is 17.3 Å². The third kappa shape index (κ3) is 1.49. The van der Waals surface area contributed by atoms with E-state index in [1.807, 2.05) is 24.7 Å². The highest BCUT2D eigenvalue weighted by Gasteiger charge is 2.13. The summed E-state index contributed by atoms with van der Waals surface area (Å²) in [6.07, 6.45) is 3.69. The molecule has 0 fully saturated rings. The molecule has 0 atom stereocenters. The highest BCUT2D eigenvalue weighted by atomic mass is 15.2. The molecule has 0 saturated carbocycles. The van der Waals surface area contributed by atoms with E-state index < -0.39 is 0 Å². The molecule has 2 aromatic rings. The van der Waals surface area contributed by atoms with Gasteiger partial charge in [0, 0.05) is 25.4 Å². The number of anilines is 1. The Balaban J connectivity index is 2.54. The number of nitrogen functional groups attached to an aromatic ring is 1. The Hall–Kier alpha value is -1.78. The molecule has 5 heteroatoms. The van der Waals surface area contributed by atoms with Crippen molar-refractivity contribution in [1.82, 2.24) is 19.3 Å². The summed E-state index contributed by atoms with van der Waals surface area (Å²) >= 11 is 0. The maximum absolute atomic E-state index is 6.02. The Bertz CT molecular complexity index is 480. The first-order valence-corrected chi connectivity index (χ1v) is 4.95. The van der Waals surface area contributed by atoms with E-state index in [0.717, 1.165) is 23.6 Å². The molecule has 2 aromatic heterocycles. The summed E-state index contributed by atoms with van der Waals surface area (Å²) in [5, 5.41) is 4.11. The summed E-state index contributed by atoms with van der Waals surface area (Å²) < 4.78 is 3.73. The monoisotopic (exact) mass is 205 g/mol. The maximum Gasteiger partial charge on any atom is 0.131 e. The molecule has 0 aliphatic rings. The molecule has 0 radical (unpaired) electrons. The van der Waals surface area contributed by atoms with Gasteiger partial charge in [-0.25, -0.2) is 4.98 Å². The van der Waals surface area contributed by atoms with Crippen LogP contribution in [0.4, 0.5) is 5.82 Å². The van der Waals surface area contributed by atoms with Crippen molar-refractivity contribution >= 4 is 5.82 Å². The third-order valence-corrected chi connectivity index (χ3v) is 2.49. The molecular formula is C10H15N5. The lowest BCUT2D eigenvalue weighted by atomic mass is 10.2. The molecule has 2 heterocycles. The van der Waals surface area contributed by atoms with Crippen LogP contribution >= 0.6 is 0 Å². The molecule has 0 amide bonds. The van der Waals surface area contributed by atoms with Crippen LogP contribution in [0.3, 0.4) is 0 Å². The summed E-state index contributed by atoms with van der Waals surface area (Å²) in [5.74, 6) is 1.65. The molecule has 80 valence electrons. The van der Waals surface area contributed by atoms with Gasteiger partial charge in [0.2, 0.25) is 0 Å². The predicted octanol–water partition coefficient (Wildman–Crippen LogP) is 1.19. The molecule has 0 unspecified atom stereocenters. The summed E-state index contributed by atoms with van der Waals surface area (Å²) in [6.45, 7) is 4.85. The fraction of sp³-hybridized carbons (Fsp3) is 0.400. The van der Waals surface area contributed by atoms with Crippen LogP contribution in [0.1, 0.15) is 12.7 Å². The van der Waals surface area contributed by atoms with Gasteiger partial charge >= 0.3 is 0 Å². The second kappa shape index (κ2) is 3.42. The van der Waals surface area contributed by atoms with E-state index in [1.165, 1.54) is 0 Å². The van der Waals surface area contributed by atoms with Gasteiger partial charge in [0.15, 0.2) is 0 Å². The lowest BCUT2D eigenvalue weighted by molar-refractivity contribution is 0.739. The Labute approximate surface area is 88.5 Å². The largest absolute Gasteiger partial charge is 0.383 e. The second-order valence-corrected chi connectivity index (χ2v) is 3.54. The lowest BCUT2D eigenvalue weighted by Crippen LogP contribution is -2.02. The number of imidazole rings is 1. The zero-order valence-corrected chi connectivity index (χ0v) is 9.23. The van der Waals surface area contributed by atoms with Crippen molar-refractivity contribution in [2.24, 2.45) is 7.05 Å². The van der Waals surface area contributed by atoms with Crippen molar-refractivity contribution in [3.8, 4) is 11.3 Å². The average Bonchev–Trinajstić information content (AvgIpc) is 2.71. The van der Waals surface area contributed by atoms with E-state index in [4.69, 9.17) is 5.73 Å². The number of hydrogen-bond acceptors (Lipinski definition) is 3. The summed E-state index contributed by atoms with van der Waals surface area (Å²) in [6, 6.07) is 0. The van der Waals surface area contributed by atoms with Gasteiger partial charge in [0.05, 0.1) is 6.20 Å². The van der Waals surface area contributed by atoms with E-state index in [-0.39, 0.29) is 0 Å². The van der Waals surface area contributed by atoms with Crippen LogP contribution in [0.15, 0.2) is 12.4 Å².